The molecule has 18 heavy (non-hydrogen) atoms. The number of nitrogen functional groups attached to an aromatic ring is 1. The zero-order valence-electron chi connectivity index (χ0n) is 9.58. The Balaban J connectivity index is 2.34. The Hall–Kier alpha value is -2.70. The molecule has 0 aliphatic rings. The molecule has 0 aliphatic heterocycles. The van der Waals surface area contributed by atoms with Crippen LogP contribution in [0, 0.1) is 0 Å². The van der Waals surface area contributed by atoms with E-state index in [0.29, 0.717) is 22.8 Å². The van der Waals surface area contributed by atoms with E-state index in [1.165, 1.54) is 0 Å². The van der Waals surface area contributed by atoms with Gasteiger partial charge in [-0.15, -0.1) is 0 Å². The van der Waals surface area contributed by atoms with Crippen LogP contribution in [0.1, 0.15) is 0 Å². The van der Waals surface area contributed by atoms with Crippen LogP contribution in [0.3, 0.4) is 0 Å². The van der Waals surface area contributed by atoms with Crippen molar-refractivity contribution >= 4 is 17.0 Å². The third kappa shape index (κ3) is 1.53. The molecule has 3 rings (SSSR count). The number of aromatic amines is 1. The number of nitrogens with two attached hydrogens (primary N) is 1. The minimum absolute atomic E-state index is 0.162. The summed E-state index contributed by atoms with van der Waals surface area (Å²) in [5, 5.41) is 7.44. The summed E-state index contributed by atoms with van der Waals surface area (Å²) in [6, 6.07) is 3.60. The minimum atomic E-state index is 0.162. The summed E-state index contributed by atoms with van der Waals surface area (Å²) in [6.45, 7) is 0. The smallest absolute Gasteiger partial charge is 0.222 e. The van der Waals surface area contributed by atoms with E-state index in [2.05, 4.69) is 25.1 Å². The summed E-state index contributed by atoms with van der Waals surface area (Å²) in [5.74, 6) is 0.785. The molecule has 0 atom stereocenters. The largest absolute Gasteiger partial charge is 0.494 e. The van der Waals surface area contributed by atoms with Gasteiger partial charge in [-0.3, -0.25) is 10.1 Å². The third-order valence-corrected chi connectivity index (χ3v) is 2.54. The number of pyridine rings is 1. The predicted molar refractivity (Wildman–Crippen MR) is 65.9 cm³/mol. The van der Waals surface area contributed by atoms with Gasteiger partial charge in [0, 0.05) is 6.20 Å². The molecule has 0 unspecified atom stereocenters. The summed E-state index contributed by atoms with van der Waals surface area (Å²) in [5.41, 5.74) is 7.46. The Kier molecular flexibility index (Phi) is 2.30. The molecule has 3 aromatic rings. The van der Waals surface area contributed by atoms with Gasteiger partial charge in [0.1, 0.15) is 17.1 Å². The molecule has 3 N–H and O–H groups in total. The van der Waals surface area contributed by atoms with Crippen molar-refractivity contribution in [3.8, 4) is 17.1 Å². The fraction of sp³-hybridized carbons (Fsp3) is 0.0909. The highest BCUT2D eigenvalue weighted by Gasteiger charge is 2.15. The van der Waals surface area contributed by atoms with Crippen molar-refractivity contribution < 1.29 is 4.74 Å². The molecular formula is C11H10N6O. The van der Waals surface area contributed by atoms with Gasteiger partial charge in [0.2, 0.25) is 5.95 Å². The van der Waals surface area contributed by atoms with E-state index in [0.717, 1.165) is 5.39 Å². The van der Waals surface area contributed by atoms with Gasteiger partial charge in [-0.05, 0) is 12.1 Å². The first kappa shape index (κ1) is 10.5. The lowest BCUT2D eigenvalue weighted by Crippen LogP contribution is -1.99. The van der Waals surface area contributed by atoms with Crippen LogP contribution in [0.5, 0.6) is 5.75 Å². The van der Waals surface area contributed by atoms with Gasteiger partial charge in [-0.1, -0.05) is 0 Å². The number of nitrogens with one attached hydrogen (secondary N) is 1. The van der Waals surface area contributed by atoms with Crippen molar-refractivity contribution in [2.24, 2.45) is 0 Å². The van der Waals surface area contributed by atoms with Gasteiger partial charge in [0.05, 0.1) is 18.7 Å². The Bertz CT molecular complexity index is 708. The van der Waals surface area contributed by atoms with E-state index in [1.807, 2.05) is 6.07 Å². The highest BCUT2D eigenvalue weighted by Crippen LogP contribution is 2.30. The van der Waals surface area contributed by atoms with Gasteiger partial charge in [-0.2, -0.15) is 10.1 Å². The van der Waals surface area contributed by atoms with Gasteiger partial charge >= 0.3 is 0 Å². The van der Waals surface area contributed by atoms with Crippen molar-refractivity contribution in [3.05, 3.63) is 24.5 Å². The first-order valence-corrected chi connectivity index (χ1v) is 5.25. The normalized spacial score (nSPS) is 10.7. The molecule has 0 bridgehead atoms. The van der Waals surface area contributed by atoms with E-state index >= 15 is 0 Å². The Labute approximate surface area is 102 Å². The number of rotatable bonds is 2. The number of nitrogens with zero attached hydrogens (tertiary/aromatic N) is 4. The fourth-order valence-corrected chi connectivity index (χ4v) is 1.77. The lowest BCUT2D eigenvalue weighted by Gasteiger charge is -2.07. The molecule has 0 spiro atoms. The second kappa shape index (κ2) is 3.95. The maximum absolute atomic E-state index is 5.67. The topological polar surface area (TPSA) is 103 Å². The van der Waals surface area contributed by atoms with Crippen molar-refractivity contribution in [1.82, 2.24) is 25.1 Å². The van der Waals surface area contributed by atoms with Crippen LogP contribution in [0.2, 0.25) is 0 Å². The van der Waals surface area contributed by atoms with Crippen LogP contribution in [-0.4, -0.2) is 32.3 Å². The summed E-state index contributed by atoms with van der Waals surface area (Å²) in [4.78, 5) is 12.6. The molecule has 3 aromatic heterocycles. The average molecular weight is 242 g/mol. The summed E-state index contributed by atoms with van der Waals surface area (Å²) < 4.78 is 5.27. The zero-order chi connectivity index (χ0) is 12.5. The van der Waals surface area contributed by atoms with Crippen LogP contribution in [0.4, 0.5) is 5.95 Å². The number of ether oxygens (including phenoxy) is 1. The molecule has 0 saturated heterocycles. The maximum atomic E-state index is 5.67. The third-order valence-electron chi connectivity index (χ3n) is 2.54. The number of aromatic nitrogens is 5. The second-order valence-electron chi connectivity index (χ2n) is 3.62. The second-order valence-corrected chi connectivity index (χ2v) is 3.62. The molecular weight excluding hydrogens is 232 g/mol. The van der Waals surface area contributed by atoms with Crippen molar-refractivity contribution in [3.63, 3.8) is 0 Å². The zero-order valence-corrected chi connectivity index (χ0v) is 9.58. The van der Waals surface area contributed by atoms with Crippen molar-refractivity contribution in [2.75, 3.05) is 12.8 Å². The van der Waals surface area contributed by atoms with Crippen LogP contribution in [-0.2, 0) is 0 Å². The van der Waals surface area contributed by atoms with Gasteiger partial charge in [0.25, 0.3) is 0 Å². The molecule has 0 fully saturated rings. The van der Waals surface area contributed by atoms with Crippen LogP contribution >= 0.6 is 0 Å². The molecule has 90 valence electrons. The fourth-order valence-electron chi connectivity index (χ4n) is 1.77. The average Bonchev–Trinajstić information content (AvgIpc) is 2.85. The standard InChI is InChI=1S/C11H10N6O/c1-18-7-3-2-4-13-9(7)8-6-5-14-17-10(6)16-11(12)15-8/h2-5H,1H3,(H3,12,14,15,16,17). The lowest BCUT2D eigenvalue weighted by atomic mass is 10.2. The van der Waals surface area contributed by atoms with Crippen LogP contribution in [0.25, 0.3) is 22.4 Å². The van der Waals surface area contributed by atoms with E-state index in [1.54, 1.807) is 25.6 Å². The summed E-state index contributed by atoms with van der Waals surface area (Å²) >= 11 is 0. The Morgan fingerprint density at radius 1 is 1.28 bits per heavy atom. The highest BCUT2D eigenvalue weighted by molar-refractivity contribution is 5.90. The van der Waals surface area contributed by atoms with Crippen LogP contribution < -0.4 is 10.5 Å². The summed E-state index contributed by atoms with van der Waals surface area (Å²) in [6.07, 6.45) is 3.31. The van der Waals surface area contributed by atoms with Gasteiger partial charge in [-0.25, -0.2) is 4.98 Å². The number of H-pyrrole nitrogens is 1. The lowest BCUT2D eigenvalue weighted by molar-refractivity contribution is 0.414. The molecule has 0 radical (unpaired) electrons. The van der Waals surface area contributed by atoms with E-state index in [4.69, 9.17) is 10.5 Å². The van der Waals surface area contributed by atoms with E-state index in [9.17, 15) is 0 Å². The van der Waals surface area contributed by atoms with Crippen molar-refractivity contribution in [1.29, 1.82) is 0 Å². The minimum Gasteiger partial charge on any atom is -0.494 e. The monoisotopic (exact) mass is 242 g/mol. The molecule has 7 nitrogen and oxygen atoms in total. The number of hydrogen-bond donors (Lipinski definition) is 2. The number of fused-ring (bicyclic) bond motifs is 1. The maximum Gasteiger partial charge on any atom is 0.222 e. The number of hydrogen-bond acceptors (Lipinski definition) is 6. The molecule has 0 saturated carbocycles. The molecule has 7 heteroatoms. The number of anilines is 1. The molecule has 0 aromatic carbocycles. The van der Waals surface area contributed by atoms with Crippen LogP contribution in [0.15, 0.2) is 24.5 Å². The Morgan fingerprint density at radius 2 is 2.17 bits per heavy atom. The quantitative estimate of drug-likeness (QED) is 0.695. The number of methoxy groups -OCH3 is 1. The van der Waals surface area contributed by atoms with E-state index in [-0.39, 0.29) is 5.95 Å². The van der Waals surface area contributed by atoms with Crippen molar-refractivity contribution in [2.45, 2.75) is 0 Å². The van der Waals surface area contributed by atoms with E-state index < -0.39 is 0 Å². The van der Waals surface area contributed by atoms with Gasteiger partial charge in [0.15, 0.2) is 5.65 Å². The first-order valence-electron chi connectivity index (χ1n) is 5.25. The molecule has 0 aliphatic carbocycles. The first-order chi connectivity index (χ1) is 8.79. The SMILES string of the molecule is COc1cccnc1-c1nc(N)nc2[nH]ncc12. The van der Waals surface area contributed by atoms with Gasteiger partial charge < -0.3 is 10.5 Å². The molecule has 0 amide bonds. The summed E-state index contributed by atoms with van der Waals surface area (Å²) in [7, 11) is 1.58. The molecule has 3 heterocycles. The Morgan fingerprint density at radius 3 is 3.00 bits per heavy atom. The predicted octanol–water partition coefficient (Wildman–Crippen LogP) is 1.01. The highest BCUT2D eigenvalue weighted by atomic mass is 16.5.